The van der Waals surface area contributed by atoms with E-state index < -0.39 is 15.2 Å². The molecule has 0 aliphatic carbocycles. The lowest BCUT2D eigenvalue weighted by molar-refractivity contribution is -0.385. The van der Waals surface area contributed by atoms with Crippen molar-refractivity contribution in [3.05, 3.63) is 58.1 Å². The maximum Gasteiger partial charge on any atom is 0.428 e. The molecule has 0 N–H and O–H groups in total. The Bertz CT molecular complexity index is 891. The fourth-order valence-corrected chi connectivity index (χ4v) is 2.51. The first kappa shape index (κ1) is 14.0. The van der Waals surface area contributed by atoms with Crippen LogP contribution >= 0.6 is 0 Å². The van der Waals surface area contributed by atoms with Crippen LogP contribution in [0, 0.1) is 10.1 Å². The number of ether oxygens (including phenoxy) is 1. The smallest absolute Gasteiger partial charge is 0.428 e. The van der Waals surface area contributed by atoms with E-state index in [0.717, 1.165) is 6.21 Å². The van der Waals surface area contributed by atoms with Crippen molar-refractivity contribution in [2.45, 2.75) is 0 Å². The molecule has 0 atom stereocenters. The van der Waals surface area contributed by atoms with E-state index in [9.17, 15) is 18.5 Å². The van der Waals surface area contributed by atoms with Crippen molar-refractivity contribution in [1.29, 1.82) is 0 Å². The van der Waals surface area contributed by atoms with Crippen LogP contribution in [-0.4, -0.2) is 19.6 Å². The summed E-state index contributed by atoms with van der Waals surface area (Å²) < 4.78 is 35.8. The third kappa shape index (κ3) is 2.74. The van der Waals surface area contributed by atoms with E-state index in [-0.39, 0.29) is 17.2 Å². The molecular weight excluding hydrogens is 312 g/mol. The van der Waals surface area contributed by atoms with Crippen molar-refractivity contribution >= 4 is 22.2 Å². The molecule has 3 rings (SSSR count). The van der Waals surface area contributed by atoms with Crippen LogP contribution < -0.4 is 8.92 Å². The van der Waals surface area contributed by atoms with Gasteiger partial charge in [-0.3, -0.25) is 10.1 Å². The van der Waals surface area contributed by atoms with Crippen molar-refractivity contribution in [3.63, 3.8) is 0 Å². The Balaban J connectivity index is 1.94. The molecule has 8 nitrogen and oxygen atoms in total. The molecule has 112 valence electrons. The van der Waals surface area contributed by atoms with E-state index in [1.807, 2.05) is 0 Å². The Kier molecular flexibility index (Phi) is 3.26. The van der Waals surface area contributed by atoms with Crippen molar-refractivity contribution < 1.29 is 22.3 Å². The van der Waals surface area contributed by atoms with Gasteiger partial charge in [-0.05, 0) is 24.3 Å². The molecule has 0 aromatic heterocycles. The van der Waals surface area contributed by atoms with Crippen LogP contribution in [0.2, 0.25) is 0 Å². The molecule has 0 amide bonds. The summed E-state index contributed by atoms with van der Waals surface area (Å²) in [7, 11) is -3.95. The van der Waals surface area contributed by atoms with Gasteiger partial charge in [0.05, 0.1) is 11.1 Å². The van der Waals surface area contributed by atoms with Gasteiger partial charge < -0.3 is 8.92 Å². The molecule has 1 aliphatic heterocycles. The van der Waals surface area contributed by atoms with Gasteiger partial charge in [-0.2, -0.15) is 8.42 Å². The van der Waals surface area contributed by atoms with Gasteiger partial charge in [0.2, 0.25) is 5.75 Å². The first-order valence-electron chi connectivity index (χ1n) is 6.00. The van der Waals surface area contributed by atoms with Crippen LogP contribution in [0.25, 0.3) is 0 Å². The molecular formula is C13H8N2O6S. The van der Waals surface area contributed by atoms with Gasteiger partial charge >= 0.3 is 16.0 Å². The Morgan fingerprint density at radius 2 is 1.95 bits per heavy atom. The second-order valence-electron chi connectivity index (χ2n) is 4.27. The van der Waals surface area contributed by atoms with Crippen LogP contribution in [0.15, 0.2) is 46.9 Å². The zero-order valence-corrected chi connectivity index (χ0v) is 11.7. The third-order valence-corrected chi connectivity index (χ3v) is 3.54. The number of para-hydroxylation sites is 2. The first-order chi connectivity index (χ1) is 10.4. The van der Waals surface area contributed by atoms with Gasteiger partial charge in [-0.1, -0.05) is 12.1 Å². The molecule has 22 heavy (non-hydrogen) atoms. The van der Waals surface area contributed by atoms with Crippen molar-refractivity contribution in [3.8, 4) is 17.2 Å². The molecule has 0 spiro atoms. The SMILES string of the molecule is O=[N+]([O-])c1ccccc1Oc1ccc2c(c1)C=NS(=O)(=O)O2. The van der Waals surface area contributed by atoms with E-state index in [1.54, 1.807) is 6.07 Å². The fourth-order valence-electron chi connectivity index (χ4n) is 1.84. The lowest BCUT2D eigenvalue weighted by Crippen LogP contribution is -2.12. The Morgan fingerprint density at radius 1 is 1.18 bits per heavy atom. The predicted octanol–water partition coefficient (Wildman–Crippen LogP) is 2.44. The van der Waals surface area contributed by atoms with Crippen LogP contribution in [0.3, 0.4) is 0 Å². The van der Waals surface area contributed by atoms with Gasteiger partial charge in [-0.25, -0.2) is 0 Å². The van der Waals surface area contributed by atoms with E-state index in [2.05, 4.69) is 4.40 Å². The summed E-state index contributed by atoms with van der Waals surface area (Å²) in [5.41, 5.74) is 0.221. The molecule has 1 heterocycles. The van der Waals surface area contributed by atoms with Gasteiger partial charge in [0.1, 0.15) is 5.75 Å². The average Bonchev–Trinajstić information content (AvgIpc) is 2.47. The summed E-state index contributed by atoms with van der Waals surface area (Å²) in [6.07, 6.45) is 1.13. The van der Waals surface area contributed by atoms with E-state index in [0.29, 0.717) is 11.3 Å². The molecule has 9 heteroatoms. The zero-order valence-electron chi connectivity index (χ0n) is 10.9. The largest absolute Gasteiger partial charge is 0.450 e. The molecule has 0 saturated heterocycles. The fraction of sp³-hybridized carbons (Fsp3) is 0. The molecule has 0 unspecified atom stereocenters. The summed E-state index contributed by atoms with van der Waals surface area (Å²) in [5, 5.41) is 10.9. The second kappa shape index (κ2) is 5.11. The highest BCUT2D eigenvalue weighted by Crippen LogP contribution is 2.33. The summed E-state index contributed by atoms with van der Waals surface area (Å²) in [5.74, 6) is 0.487. The van der Waals surface area contributed by atoms with Crippen molar-refractivity contribution in [2.24, 2.45) is 4.40 Å². The number of hydrogen-bond donors (Lipinski definition) is 0. The van der Waals surface area contributed by atoms with Crippen LogP contribution in [-0.2, 0) is 10.3 Å². The number of hydrogen-bond acceptors (Lipinski definition) is 6. The number of nitro benzene ring substituents is 1. The lowest BCUT2D eigenvalue weighted by atomic mass is 10.2. The standard InChI is InChI=1S/C13H8N2O6S/c16-15(17)11-3-1-2-4-13(11)20-10-5-6-12-9(7-10)8-14-22(18,19)21-12/h1-8H. The molecule has 0 saturated carbocycles. The quantitative estimate of drug-likeness (QED) is 0.635. The Morgan fingerprint density at radius 3 is 2.73 bits per heavy atom. The van der Waals surface area contributed by atoms with E-state index in [1.165, 1.54) is 36.4 Å². The molecule has 1 aliphatic rings. The summed E-state index contributed by atoms with van der Waals surface area (Å²) >= 11 is 0. The van der Waals surface area contributed by atoms with Crippen molar-refractivity contribution in [1.82, 2.24) is 0 Å². The van der Waals surface area contributed by atoms with Crippen molar-refractivity contribution in [2.75, 3.05) is 0 Å². The molecule has 0 bridgehead atoms. The molecule has 0 fully saturated rings. The monoisotopic (exact) mass is 320 g/mol. The Hall–Kier alpha value is -2.94. The highest BCUT2D eigenvalue weighted by Gasteiger charge is 2.20. The maximum atomic E-state index is 11.2. The number of fused-ring (bicyclic) bond motifs is 1. The van der Waals surface area contributed by atoms with E-state index in [4.69, 9.17) is 8.92 Å². The third-order valence-electron chi connectivity index (χ3n) is 2.79. The number of nitro groups is 1. The summed E-state index contributed by atoms with van der Waals surface area (Å²) in [4.78, 5) is 10.4. The minimum atomic E-state index is -3.95. The lowest BCUT2D eigenvalue weighted by Gasteiger charge is -2.12. The summed E-state index contributed by atoms with van der Waals surface area (Å²) in [6, 6.07) is 10.2. The first-order valence-corrected chi connectivity index (χ1v) is 7.36. The molecule has 2 aromatic carbocycles. The number of nitrogens with zero attached hydrogens (tertiary/aromatic N) is 2. The Labute approximate surface area is 125 Å². The van der Waals surface area contributed by atoms with Gasteiger partial charge in [0.15, 0.2) is 5.75 Å². The highest BCUT2D eigenvalue weighted by atomic mass is 32.2. The van der Waals surface area contributed by atoms with Crippen LogP contribution in [0.5, 0.6) is 17.2 Å². The minimum absolute atomic E-state index is 0.0775. The topological polar surface area (TPSA) is 108 Å². The van der Waals surface area contributed by atoms with Gasteiger partial charge in [-0.15, -0.1) is 4.40 Å². The number of rotatable bonds is 3. The van der Waals surface area contributed by atoms with Gasteiger partial charge in [0, 0.05) is 11.6 Å². The predicted molar refractivity (Wildman–Crippen MR) is 76.8 cm³/mol. The second-order valence-corrected chi connectivity index (χ2v) is 5.51. The van der Waals surface area contributed by atoms with Crippen LogP contribution in [0.1, 0.15) is 5.56 Å². The minimum Gasteiger partial charge on any atom is -0.450 e. The summed E-state index contributed by atoms with van der Waals surface area (Å²) in [6.45, 7) is 0. The maximum absolute atomic E-state index is 11.2. The molecule has 2 aromatic rings. The number of benzene rings is 2. The zero-order chi connectivity index (χ0) is 15.7. The average molecular weight is 320 g/mol. The molecule has 0 radical (unpaired) electrons. The van der Waals surface area contributed by atoms with Gasteiger partial charge in [0.25, 0.3) is 0 Å². The van der Waals surface area contributed by atoms with Crippen LogP contribution in [0.4, 0.5) is 5.69 Å². The normalized spacial score (nSPS) is 14.7. The highest BCUT2D eigenvalue weighted by molar-refractivity contribution is 7.86. The van der Waals surface area contributed by atoms with E-state index >= 15 is 0 Å².